The minimum absolute atomic E-state index is 0.175. The number of ether oxygens (including phenoxy) is 2. The Morgan fingerprint density at radius 1 is 1.44 bits per heavy atom. The van der Waals surface area contributed by atoms with Crippen LogP contribution >= 0.6 is 0 Å². The van der Waals surface area contributed by atoms with Gasteiger partial charge in [-0.05, 0) is 32.1 Å². The van der Waals surface area contributed by atoms with Gasteiger partial charge in [0.2, 0.25) is 0 Å². The first kappa shape index (κ1) is 13.8. The Kier molecular flexibility index (Phi) is 4.62. The van der Waals surface area contributed by atoms with E-state index >= 15 is 0 Å². The fourth-order valence-corrected chi connectivity index (χ4v) is 3.24. The van der Waals surface area contributed by atoms with Crippen LogP contribution < -0.4 is 5.32 Å². The highest BCUT2D eigenvalue weighted by Gasteiger charge is 2.42. The Balaban J connectivity index is 1.76. The van der Waals surface area contributed by atoms with Crippen molar-refractivity contribution in [2.75, 3.05) is 13.7 Å². The van der Waals surface area contributed by atoms with Crippen LogP contribution in [0, 0.1) is 0 Å². The van der Waals surface area contributed by atoms with Gasteiger partial charge in [-0.3, -0.25) is 4.79 Å². The molecule has 1 saturated heterocycles. The van der Waals surface area contributed by atoms with Gasteiger partial charge in [-0.2, -0.15) is 0 Å². The zero-order valence-electron chi connectivity index (χ0n) is 11.5. The van der Waals surface area contributed by atoms with Crippen LogP contribution in [0.25, 0.3) is 0 Å². The lowest BCUT2D eigenvalue weighted by atomic mass is 9.98. The summed E-state index contributed by atoms with van der Waals surface area (Å²) in [4.78, 5) is 11.5. The second kappa shape index (κ2) is 6.02. The first-order valence-electron chi connectivity index (χ1n) is 7.18. The summed E-state index contributed by atoms with van der Waals surface area (Å²) in [7, 11) is 1.44. The smallest absolute Gasteiger partial charge is 0.322 e. The normalized spacial score (nSPS) is 27.6. The van der Waals surface area contributed by atoms with Crippen LogP contribution in [0.3, 0.4) is 0 Å². The first-order chi connectivity index (χ1) is 8.69. The van der Waals surface area contributed by atoms with Crippen LogP contribution in [0.5, 0.6) is 0 Å². The molecule has 1 spiro atoms. The van der Waals surface area contributed by atoms with Gasteiger partial charge < -0.3 is 14.8 Å². The summed E-state index contributed by atoms with van der Waals surface area (Å²) in [6.45, 7) is 2.75. The maximum absolute atomic E-state index is 11.5. The van der Waals surface area contributed by atoms with E-state index in [9.17, 15) is 4.79 Å². The summed E-state index contributed by atoms with van der Waals surface area (Å²) in [5, 5.41) is 3.27. The van der Waals surface area contributed by atoms with E-state index in [4.69, 9.17) is 9.47 Å². The Labute approximate surface area is 109 Å². The number of rotatable bonds is 5. The Morgan fingerprint density at radius 2 is 2.17 bits per heavy atom. The fourth-order valence-electron chi connectivity index (χ4n) is 3.24. The van der Waals surface area contributed by atoms with Crippen molar-refractivity contribution in [1.29, 1.82) is 0 Å². The molecule has 0 radical (unpaired) electrons. The fraction of sp³-hybridized carbons (Fsp3) is 0.929. The van der Waals surface area contributed by atoms with Gasteiger partial charge in [-0.25, -0.2) is 0 Å². The molecule has 1 N–H and O–H groups in total. The molecule has 2 rings (SSSR count). The van der Waals surface area contributed by atoms with Crippen molar-refractivity contribution in [3.8, 4) is 0 Å². The highest BCUT2D eigenvalue weighted by molar-refractivity contribution is 5.75. The van der Waals surface area contributed by atoms with E-state index in [0.29, 0.717) is 0 Å². The summed E-state index contributed by atoms with van der Waals surface area (Å²) in [6, 6.07) is -0.196. The zero-order chi connectivity index (χ0) is 13.0. The highest BCUT2D eigenvalue weighted by Crippen LogP contribution is 2.43. The van der Waals surface area contributed by atoms with Gasteiger partial charge in [0.15, 0.2) is 0 Å². The van der Waals surface area contributed by atoms with Crippen LogP contribution in [0.4, 0.5) is 0 Å². The third-order valence-electron chi connectivity index (χ3n) is 4.34. The first-order valence-corrected chi connectivity index (χ1v) is 7.18. The predicted molar refractivity (Wildman–Crippen MR) is 69.4 cm³/mol. The van der Waals surface area contributed by atoms with Crippen LogP contribution in [-0.4, -0.2) is 37.4 Å². The van der Waals surface area contributed by atoms with Gasteiger partial charge in [0.1, 0.15) is 6.04 Å². The lowest BCUT2D eigenvalue weighted by Gasteiger charge is -2.24. The van der Waals surface area contributed by atoms with Crippen molar-refractivity contribution < 1.29 is 14.3 Å². The van der Waals surface area contributed by atoms with Gasteiger partial charge in [-0.1, -0.05) is 19.8 Å². The molecule has 2 aliphatic rings. The van der Waals surface area contributed by atoms with Gasteiger partial charge in [0.25, 0.3) is 0 Å². The molecule has 0 aromatic heterocycles. The molecule has 1 heterocycles. The molecule has 1 aliphatic heterocycles. The van der Waals surface area contributed by atoms with E-state index in [0.717, 1.165) is 19.4 Å². The molecule has 18 heavy (non-hydrogen) atoms. The lowest BCUT2D eigenvalue weighted by molar-refractivity contribution is -0.143. The average molecular weight is 255 g/mol. The molecule has 0 aromatic rings. The summed E-state index contributed by atoms with van der Waals surface area (Å²) < 4.78 is 11.0. The average Bonchev–Trinajstić information content (AvgIpc) is 3.01. The van der Waals surface area contributed by atoms with Gasteiger partial charge in [0, 0.05) is 6.54 Å². The molecular formula is C14H25NO3. The maximum Gasteiger partial charge on any atom is 0.322 e. The van der Waals surface area contributed by atoms with Crippen molar-refractivity contribution in [2.24, 2.45) is 0 Å². The largest absolute Gasteiger partial charge is 0.468 e. The van der Waals surface area contributed by atoms with Crippen molar-refractivity contribution in [2.45, 2.75) is 69.6 Å². The van der Waals surface area contributed by atoms with Crippen LogP contribution in [0.1, 0.15) is 51.9 Å². The van der Waals surface area contributed by atoms with E-state index in [1.54, 1.807) is 0 Å². The minimum Gasteiger partial charge on any atom is -0.468 e. The molecule has 2 fully saturated rings. The quantitative estimate of drug-likeness (QED) is 0.764. The summed E-state index contributed by atoms with van der Waals surface area (Å²) in [6.07, 6.45) is 8.38. The number of carbonyl (C=O) groups is 1. The van der Waals surface area contributed by atoms with Crippen molar-refractivity contribution in [1.82, 2.24) is 5.32 Å². The van der Waals surface area contributed by atoms with Crippen LogP contribution in [-0.2, 0) is 14.3 Å². The molecular weight excluding hydrogens is 230 g/mol. The number of nitrogens with one attached hydrogen (secondary N) is 1. The van der Waals surface area contributed by atoms with Gasteiger partial charge in [0.05, 0.1) is 18.8 Å². The molecule has 4 heteroatoms. The number of hydrogen-bond acceptors (Lipinski definition) is 4. The van der Waals surface area contributed by atoms with Crippen molar-refractivity contribution in [3.63, 3.8) is 0 Å². The minimum atomic E-state index is -0.196. The second-order valence-corrected chi connectivity index (χ2v) is 5.56. The number of esters is 1. The van der Waals surface area contributed by atoms with Crippen molar-refractivity contribution in [3.05, 3.63) is 0 Å². The molecule has 0 amide bonds. The number of hydrogen-bond donors (Lipinski definition) is 1. The van der Waals surface area contributed by atoms with Crippen LogP contribution in [0.2, 0.25) is 0 Å². The molecule has 4 nitrogen and oxygen atoms in total. The number of carbonyl (C=O) groups excluding carboxylic acids is 1. The molecule has 1 aliphatic carbocycles. The zero-order valence-corrected chi connectivity index (χ0v) is 11.5. The lowest BCUT2D eigenvalue weighted by Crippen LogP contribution is -2.41. The van der Waals surface area contributed by atoms with Crippen molar-refractivity contribution >= 4 is 5.97 Å². The summed E-state index contributed by atoms with van der Waals surface area (Å²) in [5.41, 5.74) is 0.180. The van der Waals surface area contributed by atoms with Crippen LogP contribution in [0.15, 0.2) is 0 Å². The molecule has 104 valence electrons. The van der Waals surface area contributed by atoms with E-state index in [1.165, 1.54) is 39.2 Å². The summed E-state index contributed by atoms with van der Waals surface area (Å²) in [5.74, 6) is -0.175. The third-order valence-corrected chi connectivity index (χ3v) is 4.34. The predicted octanol–water partition coefficient (Wildman–Crippen LogP) is 2.02. The topological polar surface area (TPSA) is 47.6 Å². The standard InChI is InChI=1S/C14H25NO3/c1-3-12(13(16)17-2)15-10-11-6-9-14(18-11)7-4-5-8-14/h11-12,15H,3-10H2,1-2H3. The van der Waals surface area contributed by atoms with E-state index in [-0.39, 0.29) is 23.7 Å². The van der Waals surface area contributed by atoms with E-state index in [1.807, 2.05) is 6.92 Å². The second-order valence-electron chi connectivity index (χ2n) is 5.56. The van der Waals surface area contributed by atoms with E-state index in [2.05, 4.69) is 5.32 Å². The molecule has 0 bridgehead atoms. The monoisotopic (exact) mass is 255 g/mol. The third kappa shape index (κ3) is 3.04. The Bertz CT molecular complexity index is 287. The molecule has 1 saturated carbocycles. The molecule has 2 unspecified atom stereocenters. The van der Waals surface area contributed by atoms with Gasteiger partial charge in [-0.15, -0.1) is 0 Å². The Hall–Kier alpha value is -0.610. The molecule has 0 aromatic carbocycles. The Morgan fingerprint density at radius 3 is 2.78 bits per heavy atom. The van der Waals surface area contributed by atoms with E-state index < -0.39 is 0 Å². The number of methoxy groups -OCH3 is 1. The maximum atomic E-state index is 11.5. The molecule has 2 atom stereocenters. The highest BCUT2D eigenvalue weighted by atomic mass is 16.5. The summed E-state index contributed by atoms with van der Waals surface area (Å²) >= 11 is 0. The van der Waals surface area contributed by atoms with Gasteiger partial charge >= 0.3 is 5.97 Å². The SMILES string of the molecule is CCC(NCC1CCC2(CCCC2)O1)C(=O)OC.